The van der Waals surface area contributed by atoms with Crippen LogP contribution in [0.3, 0.4) is 0 Å². The number of amides is 2. The van der Waals surface area contributed by atoms with Gasteiger partial charge < -0.3 is 15.3 Å². The van der Waals surface area contributed by atoms with Crippen molar-refractivity contribution in [2.45, 2.75) is 19.4 Å². The number of likely N-dealkylation sites (tertiary alicyclic amines) is 1. The van der Waals surface area contributed by atoms with Crippen molar-refractivity contribution in [3.05, 3.63) is 34.6 Å². The van der Waals surface area contributed by atoms with Crippen LogP contribution >= 0.6 is 11.6 Å². The Labute approximate surface area is 126 Å². The van der Waals surface area contributed by atoms with E-state index < -0.39 is 23.7 Å². The maximum Gasteiger partial charge on any atom is 0.317 e. The summed E-state index contributed by atoms with van der Waals surface area (Å²) < 4.78 is 13.0. The molecular formula is C14H16ClFN2O3. The molecule has 21 heavy (non-hydrogen) atoms. The molecule has 1 aromatic carbocycles. The Bertz CT molecular complexity index is 567. The first kappa shape index (κ1) is 15.6. The monoisotopic (exact) mass is 314 g/mol. The number of nitrogens with one attached hydrogen (secondary N) is 1. The van der Waals surface area contributed by atoms with E-state index in [0.717, 1.165) is 0 Å². The second-order valence-corrected chi connectivity index (χ2v) is 5.51. The Balaban J connectivity index is 1.98. The molecule has 1 aromatic rings. The van der Waals surface area contributed by atoms with Gasteiger partial charge in [0.15, 0.2) is 0 Å². The van der Waals surface area contributed by atoms with Gasteiger partial charge in [0.2, 0.25) is 0 Å². The summed E-state index contributed by atoms with van der Waals surface area (Å²) in [5.74, 6) is -1.84. The first-order valence-electron chi connectivity index (χ1n) is 6.61. The third-order valence-corrected chi connectivity index (χ3v) is 3.92. The lowest BCUT2D eigenvalue weighted by Gasteiger charge is -2.21. The van der Waals surface area contributed by atoms with Gasteiger partial charge in [0.05, 0.1) is 12.0 Å². The van der Waals surface area contributed by atoms with Gasteiger partial charge in [-0.1, -0.05) is 17.7 Å². The van der Waals surface area contributed by atoms with E-state index in [2.05, 4.69) is 5.32 Å². The maximum absolute atomic E-state index is 13.0. The average Bonchev–Trinajstić information content (AvgIpc) is 2.88. The highest BCUT2D eigenvalue weighted by Gasteiger charge is 2.31. The van der Waals surface area contributed by atoms with E-state index in [1.165, 1.54) is 23.1 Å². The van der Waals surface area contributed by atoms with Gasteiger partial charge in [-0.2, -0.15) is 0 Å². The van der Waals surface area contributed by atoms with Crippen LogP contribution < -0.4 is 5.32 Å². The van der Waals surface area contributed by atoms with Gasteiger partial charge in [-0.3, -0.25) is 4.79 Å². The smallest absolute Gasteiger partial charge is 0.317 e. The number of benzene rings is 1. The minimum Gasteiger partial charge on any atom is -0.481 e. The van der Waals surface area contributed by atoms with E-state index in [1.807, 2.05) is 0 Å². The van der Waals surface area contributed by atoms with Crippen molar-refractivity contribution in [3.8, 4) is 0 Å². The maximum atomic E-state index is 13.0. The molecule has 1 saturated heterocycles. The van der Waals surface area contributed by atoms with Crippen molar-refractivity contribution in [2.24, 2.45) is 5.92 Å². The quantitative estimate of drug-likeness (QED) is 0.901. The summed E-state index contributed by atoms with van der Waals surface area (Å²) in [5.41, 5.74) is 0.611. The first-order valence-corrected chi connectivity index (χ1v) is 6.99. The summed E-state index contributed by atoms with van der Waals surface area (Å²) in [6.07, 6.45) is 0.453. The topological polar surface area (TPSA) is 69.6 Å². The van der Waals surface area contributed by atoms with Gasteiger partial charge in [-0.15, -0.1) is 0 Å². The molecule has 0 bridgehead atoms. The van der Waals surface area contributed by atoms with Crippen molar-refractivity contribution in [2.75, 3.05) is 13.1 Å². The molecule has 1 unspecified atom stereocenters. The summed E-state index contributed by atoms with van der Waals surface area (Å²) >= 11 is 5.95. The van der Waals surface area contributed by atoms with Crippen molar-refractivity contribution in [1.82, 2.24) is 10.2 Å². The second-order valence-electron chi connectivity index (χ2n) is 5.11. The first-order chi connectivity index (χ1) is 9.88. The fourth-order valence-electron chi connectivity index (χ4n) is 2.35. The Hall–Kier alpha value is -1.82. The molecule has 0 spiro atoms. The zero-order chi connectivity index (χ0) is 15.6. The van der Waals surface area contributed by atoms with Crippen LogP contribution in [0.2, 0.25) is 5.02 Å². The molecule has 2 amide bonds. The number of hydrogen-bond donors (Lipinski definition) is 2. The van der Waals surface area contributed by atoms with Crippen molar-refractivity contribution < 1.29 is 19.1 Å². The molecule has 0 saturated carbocycles. The molecule has 0 aliphatic carbocycles. The normalized spacial score (nSPS) is 19.4. The largest absolute Gasteiger partial charge is 0.481 e. The van der Waals surface area contributed by atoms with Gasteiger partial charge in [0.1, 0.15) is 5.82 Å². The summed E-state index contributed by atoms with van der Waals surface area (Å²) in [7, 11) is 0. The van der Waals surface area contributed by atoms with Crippen LogP contribution in [-0.2, 0) is 4.79 Å². The molecule has 1 aliphatic rings. The number of rotatable bonds is 3. The Morgan fingerprint density at radius 3 is 2.81 bits per heavy atom. The van der Waals surface area contributed by atoms with Crippen LogP contribution in [0.1, 0.15) is 24.9 Å². The van der Waals surface area contributed by atoms with Crippen LogP contribution in [0.4, 0.5) is 9.18 Å². The molecule has 5 nitrogen and oxygen atoms in total. The predicted molar refractivity (Wildman–Crippen MR) is 75.7 cm³/mol. The number of halogens is 2. The zero-order valence-corrected chi connectivity index (χ0v) is 12.2. The van der Waals surface area contributed by atoms with E-state index >= 15 is 0 Å². The Kier molecular flexibility index (Phi) is 4.67. The van der Waals surface area contributed by atoms with Crippen LogP contribution in [-0.4, -0.2) is 35.1 Å². The van der Waals surface area contributed by atoms with Gasteiger partial charge in [0.25, 0.3) is 0 Å². The molecular weight excluding hydrogens is 299 g/mol. The molecule has 1 heterocycles. The number of nitrogens with zero attached hydrogens (tertiary/aromatic N) is 1. The van der Waals surface area contributed by atoms with E-state index in [9.17, 15) is 14.0 Å². The number of hydrogen-bond acceptors (Lipinski definition) is 2. The molecule has 2 rings (SSSR count). The van der Waals surface area contributed by atoms with Gasteiger partial charge in [-0.05, 0) is 31.0 Å². The molecule has 1 aliphatic heterocycles. The molecule has 114 valence electrons. The fourth-order valence-corrected chi connectivity index (χ4v) is 2.68. The number of carbonyl (C=O) groups is 2. The Morgan fingerprint density at radius 2 is 2.24 bits per heavy atom. The third-order valence-electron chi connectivity index (χ3n) is 3.59. The summed E-state index contributed by atoms with van der Waals surface area (Å²) in [6.45, 7) is 2.35. The molecule has 2 atom stereocenters. The minimum absolute atomic E-state index is 0.199. The van der Waals surface area contributed by atoms with Crippen LogP contribution in [0.15, 0.2) is 18.2 Å². The molecule has 0 radical (unpaired) electrons. The Morgan fingerprint density at radius 1 is 1.52 bits per heavy atom. The van der Waals surface area contributed by atoms with Gasteiger partial charge >= 0.3 is 12.0 Å². The number of aliphatic carboxylic acids is 1. The zero-order valence-electron chi connectivity index (χ0n) is 11.5. The highest BCUT2D eigenvalue weighted by Crippen LogP contribution is 2.24. The van der Waals surface area contributed by atoms with Crippen molar-refractivity contribution in [1.29, 1.82) is 0 Å². The molecule has 1 fully saturated rings. The molecule has 0 aromatic heterocycles. The minimum atomic E-state index is -0.889. The highest BCUT2D eigenvalue weighted by atomic mass is 35.5. The van der Waals surface area contributed by atoms with Gasteiger partial charge in [-0.25, -0.2) is 9.18 Å². The fraction of sp³-hybridized carbons (Fsp3) is 0.429. The predicted octanol–water partition coefficient (Wildman–Crippen LogP) is 2.66. The highest BCUT2D eigenvalue weighted by molar-refractivity contribution is 6.31. The number of carboxylic acid groups (broad SMARTS) is 1. The average molecular weight is 315 g/mol. The van der Waals surface area contributed by atoms with Crippen LogP contribution in [0.25, 0.3) is 0 Å². The summed E-state index contributed by atoms with van der Waals surface area (Å²) in [5, 5.41) is 11.9. The van der Waals surface area contributed by atoms with E-state index in [1.54, 1.807) is 6.92 Å². The second kappa shape index (κ2) is 6.30. The number of carboxylic acids is 1. The summed E-state index contributed by atoms with van der Waals surface area (Å²) in [6, 6.07) is 3.25. The number of urea groups is 1. The lowest BCUT2D eigenvalue weighted by atomic mass is 10.1. The van der Waals surface area contributed by atoms with Crippen molar-refractivity contribution >= 4 is 23.6 Å². The van der Waals surface area contributed by atoms with E-state index in [0.29, 0.717) is 18.5 Å². The van der Waals surface area contributed by atoms with Crippen molar-refractivity contribution in [3.63, 3.8) is 0 Å². The number of carbonyl (C=O) groups excluding carboxylic acids is 1. The van der Waals surface area contributed by atoms with Gasteiger partial charge in [0, 0.05) is 18.1 Å². The van der Waals surface area contributed by atoms with E-state index in [-0.39, 0.29) is 17.6 Å². The standard InChI is InChI=1S/C14H16ClFN2O3/c1-8(11-3-2-10(16)6-12(11)15)17-14(21)18-5-4-9(7-18)13(19)20/h2-3,6,8-9H,4-5,7H2,1H3,(H,17,21)(H,19,20)/t8-,9?/m0/s1. The lowest BCUT2D eigenvalue weighted by Crippen LogP contribution is -2.40. The summed E-state index contributed by atoms with van der Waals surface area (Å²) in [4.78, 5) is 24.4. The van der Waals surface area contributed by atoms with Crippen LogP contribution in [0, 0.1) is 11.7 Å². The third kappa shape index (κ3) is 3.64. The molecule has 7 heteroatoms. The lowest BCUT2D eigenvalue weighted by molar-refractivity contribution is -0.141. The SMILES string of the molecule is C[C@H](NC(=O)N1CCC(C(=O)O)C1)c1ccc(F)cc1Cl. The molecule has 2 N–H and O–H groups in total. The van der Waals surface area contributed by atoms with Crippen LogP contribution in [0.5, 0.6) is 0 Å². The van der Waals surface area contributed by atoms with E-state index in [4.69, 9.17) is 16.7 Å².